The van der Waals surface area contributed by atoms with Crippen LogP contribution in [0.4, 0.5) is 0 Å². The van der Waals surface area contributed by atoms with E-state index in [4.69, 9.17) is 27.9 Å². The molecule has 2 aromatic rings. The van der Waals surface area contributed by atoms with Crippen molar-refractivity contribution in [3.8, 4) is 11.1 Å². The molecule has 1 saturated heterocycles. The van der Waals surface area contributed by atoms with Crippen LogP contribution in [-0.4, -0.2) is 23.2 Å². The third kappa shape index (κ3) is 3.39. The number of nitrogens with zero attached hydrogens (tertiary/aromatic N) is 2. The minimum absolute atomic E-state index is 0.174. The van der Waals surface area contributed by atoms with E-state index in [2.05, 4.69) is 25.9 Å². The van der Waals surface area contributed by atoms with Crippen molar-refractivity contribution < 1.29 is 4.74 Å². The van der Waals surface area contributed by atoms with Crippen molar-refractivity contribution in [3.63, 3.8) is 0 Å². The third-order valence-corrected chi connectivity index (χ3v) is 4.57. The quantitative estimate of drug-likeness (QED) is 0.671. The molecule has 1 unspecified atom stereocenters. The maximum Gasteiger partial charge on any atom is 0.142 e. The average Bonchev–Trinajstić information content (AvgIpc) is 2.49. The molecule has 0 aliphatic carbocycles. The lowest BCUT2D eigenvalue weighted by Gasteiger charge is -2.21. The highest BCUT2D eigenvalue weighted by Crippen LogP contribution is 2.35. The van der Waals surface area contributed by atoms with Crippen molar-refractivity contribution in [2.75, 3.05) is 13.2 Å². The Bertz CT molecular complexity index is 620. The lowest BCUT2D eigenvalue weighted by atomic mass is 10.0. The number of hydrogen-bond acceptors (Lipinski definition) is 3. The van der Waals surface area contributed by atoms with E-state index in [1.807, 2.05) is 24.3 Å². The van der Waals surface area contributed by atoms with Gasteiger partial charge in [0.15, 0.2) is 0 Å². The second-order valence-electron chi connectivity index (χ2n) is 4.96. The molecule has 1 aliphatic rings. The van der Waals surface area contributed by atoms with Gasteiger partial charge in [0.05, 0.1) is 12.2 Å². The summed E-state index contributed by atoms with van der Waals surface area (Å²) < 4.78 is 6.47. The van der Waals surface area contributed by atoms with Gasteiger partial charge < -0.3 is 4.74 Å². The Hall–Kier alpha value is -0.680. The van der Waals surface area contributed by atoms with E-state index in [1.54, 1.807) is 0 Å². The molecule has 0 spiro atoms. The summed E-state index contributed by atoms with van der Waals surface area (Å²) in [6.07, 6.45) is 2.02. The zero-order valence-corrected chi connectivity index (χ0v) is 14.2. The monoisotopic (exact) mass is 386 g/mol. The zero-order chi connectivity index (χ0) is 14.8. The third-order valence-electron chi connectivity index (χ3n) is 3.50. The molecule has 21 heavy (non-hydrogen) atoms. The molecule has 1 aromatic carbocycles. The second-order valence-corrected chi connectivity index (χ2v) is 6.59. The van der Waals surface area contributed by atoms with Gasteiger partial charge in [-0.15, -0.1) is 0 Å². The molecule has 1 aromatic heterocycles. The van der Waals surface area contributed by atoms with Crippen LogP contribution < -0.4 is 0 Å². The summed E-state index contributed by atoms with van der Waals surface area (Å²) in [7, 11) is 0. The highest BCUT2D eigenvalue weighted by molar-refractivity contribution is 9.10. The van der Waals surface area contributed by atoms with Crippen molar-refractivity contribution in [2.45, 2.75) is 18.8 Å². The highest BCUT2D eigenvalue weighted by Gasteiger charge is 2.22. The standard InChI is InChI=1S/C15H13BrCl2N2O/c16-11-5-3-9(4-6-11)12-13(17)19-15(20-14(12)18)10-2-1-7-21-8-10/h3-6,10H,1-2,7-8H2. The summed E-state index contributed by atoms with van der Waals surface area (Å²) in [6.45, 7) is 1.43. The van der Waals surface area contributed by atoms with Crippen LogP contribution in [0.15, 0.2) is 28.7 Å². The second kappa shape index (κ2) is 6.61. The van der Waals surface area contributed by atoms with Crippen molar-refractivity contribution in [1.82, 2.24) is 9.97 Å². The van der Waals surface area contributed by atoms with Gasteiger partial charge in [0.1, 0.15) is 16.1 Å². The molecule has 0 radical (unpaired) electrons. The number of halogens is 3. The van der Waals surface area contributed by atoms with Crippen LogP contribution in [0.25, 0.3) is 11.1 Å². The first-order valence-electron chi connectivity index (χ1n) is 6.72. The molecule has 0 N–H and O–H groups in total. The molecule has 1 fully saturated rings. The Morgan fingerprint density at radius 1 is 1.10 bits per heavy atom. The maximum absolute atomic E-state index is 6.34. The molecule has 3 nitrogen and oxygen atoms in total. The Morgan fingerprint density at radius 3 is 2.33 bits per heavy atom. The van der Waals surface area contributed by atoms with E-state index in [0.29, 0.717) is 28.3 Å². The Morgan fingerprint density at radius 2 is 1.76 bits per heavy atom. The minimum atomic E-state index is 0.174. The Labute approximate surface area is 141 Å². The molecule has 3 rings (SSSR count). The largest absolute Gasteiger partial charge is 0.381 e. The van der Waals surface area contributed by atoms with Gasteiger partial charge in [-0.2, -0.15) is 0 Å². The smallest absolute Gasteiger partial charge is 0.142 e. The summed E-state index contributed by atoms with van der Waals surface area (Å²) in [5.41, 5.74) is 1.57. The summed E-state index contributed by atoms with van der Waals surface area (Å²) in [5, 5.41) is 0.774. The van der Waals surface area contributed by atoms with Crippen molar-refractivity contribution >= 4 is 39.1 Å². The van der Waals surface area contributed by atoms with Crippen LogP contribution in [0.2, 0.25) is 10.3 Å². The van der Waals surface area contributed by atoms with Crippen LogP contribution in [0.5, 0.6) is 0 Å². The van der Waals surface area contributed by atoms with Crippen LogP contribution in [0, 0.1) is 0 Å². The predicted molar refractivity (Wildman–Crippen MR) is 88.0 cm³/mol. The van der Waals surface area contributed by atoms with Crippen LogP contribution in [0.1, 0.15) is 24.6 Å². The molecular formula is C15H13BrCl2N2O. The fraction of sp³-hybridized carbons (Fsp3) is 0.333. The van der Waals surface area contributed by atoms with Gasteiger partial charge in [-0.3, -0.25) is 0 Å². The van der Waals surface area contributed by atoms with E-state index in [1.165, 1.54) is 0 Å². The first kappa shape index (κ1) is 15.2. The predicted octanol–water partition coefficient (Wildman–Crippen LogP) is 5.11. The molecule has 2 heterocycles. The summed E-state index contributed by atoms with van der Waals surface area (Å²) in [6, 6.07) is 7.74. The first-order chi connectivity index (χ1) is 10.1. The summed E-state index contributed by atoms with van der Waals surface area (Å²) >= 11 is 16.1. The van der Waals surface area contributed by atoms with Crippen molar-refractivity contribution in [2.24, 2.45) is 0 Å². The molecule has 110 valence electrons. The highest BCUT2D eigenvalue weighted by atomic mass is 79.9. The summed E-state index contributed by atoms with van der Waals surface area (Å²) in [4.78, 5) is 8.87. The lowest BCUT2D eigenvalue weighted by molar-refractivity contribution is 0.0780. The van der Waals surface area contributed by atoms with Gasteiger partial charge in [0.2, 0.25) is 0 Å². The van der Waals surface area contributed by atoms with E-state index in [0.717, 1.165) is 29.5 Å². The van der Waals surface area contributed by atoms with Gasteiger partial charge in [-0.05, 0) is 30.5 Å². The molecule has 1 aliphatic heterocycles. The molecule has 0 bridgehead atoms. The maximum atomic E-state index is 6.34. The number of aromatic nitrogens is 2. The van der Waals surface area contributed by atoms with Gasteiger partial charge >= 0.3 is 0 Å². The van der Waals surface area contributed by atoms with Crippen LogP contribution in [0.3, 0.4) is 0 Å². The lowest BCUT2D eigenvalue weighted by Crippen LogP contribution is -2.18. The zero-order valence-electron chi connectivity index (χ0n) is 11.2. The first-order valence-corrected chi connectivity index (χ1v) is 8.26. The SMILES string of the molecule is Clc1nc(C2CCCOC2)nc(Cl)c1-c1ccc(Br)cc1. The molecule has 0 saturated carbocycles. The molecule has 0 amide bonds. The van der Waals surface area contributed by atoms with E-state index >= 15 is 0 Å². The topological polar surface area (TPSA) is 35.0 Å². The number of benzene rings is 1. The fourth-order valence-corrected chi connectivity index (χ4v) is 3.29. The van der Waals surface area contributed by atoms with Gasteiger partial charge in [-0.25, -0.2) is 9.97 Å². The van der Waals surface area contributed by atoms with E-state index in [-0.39, 0.29) is 5.92 Å². The van der Waals surface area contributed by atoms with Crippen molar-refractivity contribution in [3.05, 3.63) is 44.9 Å². The molecule has 6 heteroatoms. The normalized spacial score (nSPS) is 18.7. The van der Waals surface area contributed by atoms with Gasteiger partial charge in [0, 0.05) is 17.0 Å². The number of hydrogen-bond donors (Lipinski definition) is 0. The minimum Gasteiger partial charge on any atom is -0.381 e. The Balaban J connectivity index is 1.97. The molecule has 1 atom stereocenters. The van der Waals surface area contributed by atoms with Crippen LogP contribution >= 0.6 is 39.1 Å². The molecular weight excluding hydrogens is 375 g/mol. The summed E-state index contributed by atoms with van der Waals surface area (Å²) in [5.74, 6) is 0.846. The Kier molecular flexibility index (Phi) is 4.79. The number of rotatable bonds is 2. The van der Waals surface area contributed by atoms with Gasteiger partial charge in [0.25, 0.3) is 0 Å². The van der Waals surface area contributed by atoms with Crippen molar-refractivity contribution in [1.29, 1.82) is 0 Å². The van der Waals surface area contributed by atoms with E-state index < -0.39 is 0 Å². The fourth-order valence-electron chi connectivity index (χ4n) is 2.40. The average molecular weight is 388 g/mol. The van der Waals surface area contributed by atoms with E-state index in [9.17, 15) is 0 Å². The number of ether oxygens (including phenoxy) is 1. The van der Waals surface area contributed by atoms with Crippen LogP contribution in [-0.2, 0) is 4.74 Å². The van der Waals surface area contributed by atoms with Gasteiger partial charge in [-0.1, -0.05) is 51.3 Å².